The minimum absolute atomic E-state index is 0.379. The average Bonchev–Trinajstić information content (AvgIpc) is 2.54. The summed E-state index contributed by atoms with van der Waals surface area (Å²) in [6.07, 6.45) is 0.410. The second-order valence-corrected chi connectivity index (χ2v) is 26.1. The standard InChI is InChI=1S/C22H34OSi3/c1-23-21-18-26(19-14-10-8-11-15-19,20-16-12-9-13-17-20)22(21,24(2,3)4)25(5,6)7/h8-17,21H,18H2,1-7H3. The second kappa shape index (κ2) is 6.59. The van der Waals surface area contributed by atoms with E-state index in [9.17, 15) is 0 Å². The highest BCUT2D eigenvalue weighted by atomic mass is 28.5. The van der Waals surface area contributed by atoms with Crippen molar-refractivity contribution in [2.75, 3.05) is 7.11 Å². The summed E-state index contributed by atoms with van der Waals surface area (Å²) in [5.74, 6) is 0. The normalized spacial score (nSPS) is 21.9. The lowest BCUT2D eigenvalue weighted by Crippen LogP contribution is -2.88. The van der Waals surface area contributed by atoms with Crippen molar-refractivity contribution in [1.82, 2.24) is 0 Å². The van der Waals surface area contributed by atoms with Crippen molar-refractivity contribution in [3.63, 3.8) is 0 Å². The van der Waals surface area contributed by atoms with Gasteiger partial charge in [-0.2, -0.15) is 0 Å². The predicted octanol–water partition coefficient (Wildman–Crippen LogP) is 4.77. The molecule has 1 fully saturated rings. The van der Waals surface area contributed by atoms with Crippen LogP contribution in [0.4, 0.5) is 0 Å². The van der Waals surface area contributed by atoms with Gasteiger partial charge in [0.1, 0.15) is 8.07 Å². The summed E-state index contributed by atoms with van der Waals surface area (Å²) in [6.45, 7) is 15.6. The number of hydrogen-bond donors (Lipinski definition) is 0. The quantitative estimate of drug-likeness (QED) is 0.659. The highest BCUT2D eigenvalue weighted by molar-refractivity contribution is 7.26. The van der Waals surface area contributed by atoms with Crippen LogP contribution in [0.25, 0.3) is 0 Å². The van der Waals surface area contributed by atoms with Gasteiger partial charge < -0.3 is 4.74 Å². The van der Waals surface area contributed by atoms with Crippen LogP contribution >= 0.6 is 0 Å². The molecule has 1 aliphatic rings. The fraction of sp³-hybridized carbons (Fsp3) is 0.455. The molecule has 0 N–H and O–H groups in total. The highest BCUT2D eigenvalue weighted by Crippen LogP contribution is 2.66. The van der Waals surface area contributed by atoms with E-state index >= 15 is 0 Å². The summed E-state index contributed by atoms with van der Waals surface area (Å²) in [7, 11) is -3.07. The second-order valence-electron chi connectivity index (χ2n) is 9.87. The van der Waals surface area contributed by atoms with Crippen molar-refractivity contribution in [3.8, 4) is 0 Å². The maximum Gasteiger partial charge on any atom is 0.124 e. The first-order valence-corrected chi connectivity index (χ1v) is 19.0. The molecule has 4 heteroatoms. The summed E-state index contributed by atoms with van der Waals surface area (Å²) < 4.78 is 6.64. The van der Waals surface area contributed by atoms with Crippen LogP contribution in [0.2, 0.25) is 49.6 Å². The Bertz CT molecular complexity index is 691. The van der Waals surface area contributed by atoms with E-state index in [2.05, 4.69) is 99.9 Å². The zero-order valence-corrected chi connectivity index (χ0v) is 20.5. The lowest BCUT2D eigenvalue weighted by atomic mass is 10.3. The van der Waals surface area contributed by atoms with Crippen molar-refractivity contribution in [2.45, 2.75) is 55.7 Å². The summed E-state index contributed by atoms with van der Waals surface area (Å²) in [5, 5.41) is 3.23. The van der Waals surface area contributed by atoms with Gasteiger partial charge in [0.25, 0.3) is 0 Å². The van der Waals surface area contributed by atoms with Gasteiger partial charge >= 0.3 is 0 Å². The summed E-state index contributed by atoms with van der Waals surface area (Å²) >= 11 is 0. The smallest absolute Gasteiger partial charge is 0.124 e. The summed E-state index contributed by atoms with van der Waals surface area (Å²) in [6, 6.07) is 24.2. The van der Waals surface area contributed by atoms with Crippen LogP contribution < -0.4 is 10.4 Å². The third-order valence-electron chi connectivity index (χ3n) is 6.83. The van der Waals surface area contributed by atoms with Crippen molar-refractivity contribution < 1.29 is 4.74 Å². The van der Waals surface area contributed by atoms with Gasteiger partial charge in [0.15, 0.2) is 0 Å². The SMILES string of the molecule is COC1C[Si](c2ccccc2)(c2ccccc2)C1([Si](C)(C)C)[Si](C)(C)C. The third kappa shape index (κ3) is 2.49. The van der Waals surface area contributed by atoms with Gasteiger partial charge in [0.05, 0.1) is 6.10 Å². The number of hydrogen-bond acceptors (Lipinski definition) is 1. The minimum Gasteiger partial charge on any atom is -0.382 e. The molecule has 0 amide bonds. The van der Waals surface area contributed by atoms with Crippen LogP contribution in [0.1, 0.15) is 0 Å². The topological polar surface area (TPSA) is 9.23 Å². The molecule has 0 bridgehead atoms. The fourth-order valence-corrected chi connectivity index (χ4v) is 36.0. The lowest BCUT2D eigenvalue weighted by molar-refractivity contribution is 0.0932. The number of ether oxygens (including phenoxy) is 1. The maximum atomic E-state index is 6.26. The first-order valence-electron chi connectivity index (χ1n) is 9.77. The van der Waals surface area contributed by atoms with E-state index in [1.807, 2.05) is 7.11 Å². The molecule has 140 valence electrons. The highest BCUT2D eigenvalue weighted by Gasteiger charge is 2.77. The van der Waals surface area contributed by atoms with E-state index in [1.165, 1.54) is 6.04 Å². The molecule has 0 spiro atoms. The Morgan fingerprint density at radius 1 is 0.769 bits per heavy atom. The molecule has 26 heavy (non-hydrogen) atoms. The van der Waals surface area contributed by atoms with Crippen molar-refractivity contribution in [1.29, 1.82) is 0 Å². The molecule has 0 aliphatic carbocycles. The van der Waals surface area contributed by atoms with Crippen LogP contribution in [0.5, 0.6) is 0 Å². The molecule has 1 unspecified atom stereocenters. The monoisotopic (exact) mass is 398 g/mol. The third-order valence-corrected chi connectivity index (χ3v) is 29.1. The Morgan fingerprint density at radius 2 is 1.15 bits per heavy atom. The fourth-order valence-electron chi connectivity index (χ4n) is 6.67. The maximum absolute atomic E-state index is 6.26. The zero-order chi connectivity index (χ0) is 19.2. The van der Waals surface area contributed by atoms with E-state index in [0.717, 1.165) is 0 Å². The zero-order valence-electron chi connectivity index (χ0n) is 17.5. The largest absolute Gasteiger partial charge is 0.382 e. The Morgan fingerprint density at radius 3 is 1.46 bits per heavy atom. The number of benzene rings is 2. The molecule has 0 aromatic heterocycles. The Hall–Kier alpha value is -0.949. The molecule has 1 aliphatic heterocycles. The summed E-state index contributed by atoms with van der Waals surface area (Å²) in [5.41, 5.74) is 0. The Labute approximate surface area is 162 Å². The Kier molecular flexibility index (Phi) is 5.02. The van der Waals surface area contributed by atoms with E-state index in [-0.39, 0.29) is 0 Å². The van der Waals surface area contributed by atoms with Crippen molar-refractivity contribution in [2.24, 2.45) is 0 Å². The van der Waals surface area contributed by atoms with Crippen LogP contribution in [-0.4, -0.2) is 37.4 Å². The van der Waals surface area contributed by atoms with Crippen LogP contribution in [0, 0.1) is 0 Å². The van der Waals surface area contributed by atoms with Gasteiger partial charge in [0, 0.05) is 23.3 Å². The molecule has 0 saturated carbocycles. The first-order chi connectivity index (χ1) is 12.1. The molecule has 3 rings (SSSR count). The predicted molar refractivity (Wildman–Crippen MR) is 123 cm³/mol. The molecule has 1 saturated heterocycles. The summed E-state index contributed by atoms with van der Waals surface area (Å²) in [4.78, 5) is 0. The molecule has 2 aromatic carbocycles. The van der Waals surface area contributed by atoms with E-state index in [0.29, 0.717) is 10.4 Å². The van der Waals surface area contributed by atoms with Crippen LogP contribution in [0.15, 0.2) is 60.7 Å². The van der Waals surface area contributed by atoms with Gasteiger partial charge in [0.2, 0.25) is 0 Å². The van der Waals surface area contributed by atoms with E-state index < -0.39 is 24.2 Å². The van der Waals surface area contributed by atoms with E-state index in [4.69, 9.17) is 4.74 Å². The van der Waals surface area contributed by atoms with Gasteiger partial charge in [-0.1, -0.05) is 110 Å². The minimum atomic E-state index is -1.93. The number of methoxy groups -OCH3 is 1. The average molecular weight is 399 g/mol. The molecule has 0 radical (unpaired) electrons. The number of rotatable bonds is 5. The van der Waals surface area contributed by atoms with E-state index in [1.54, 1.807) is 10.4 Å². The molecular formula is C22H34OSi3. The van der Waals surface area contributed by atoms with Crippen LogP contribution in [0.3, 0.4) is 0 Å². The van der Waals surface area contributed by atoms with Crippen molar-refractivity contribution in [3.05, 3.63) is 60.7 Å². The van der Waals surface area contributed by atoms with Gasteiger partial charge in [-0.25, -0.2) is 0 Å². The molecule has 2 aromatic rings. The lowest BCUT2D eigenvalue weighted by Gasteiger charge is -2.72. The first kappa shape index (κ1) is 19.8. The van der Waals surface area contributed by atoms with Crippen molar-refractivity contribution >= 4 is 34.6 Å². The van der Waals surface area contributed by atoms with Crippen LogP contribution in [-0.2, 0) is 4.74 Å². The van der Waals surface area contributed by atoms with Gasteiger partial charge in [-0.05, 0) is 10.3 Å². The molecule has 1 nitrogen and oxygen atoms in total. The molecular weight excluding hydrogens is 364 g/mol. The van der Waals surface area contributed by atoms with Gasteiger partial charge in [-0.3, -0.25) is 0 Å². The molecule has 1 atom stereocenters. The van der Waals surface area contributed by atoms with Gasteiger partial charge in [-0.15, -0.1) is 0 Å². The Balaban J connectivity index is 2.41. The molecule has 1 heterocycles.